The zero-order valence-corrected chi connectivity index (χ0v) is 10.1. The summed E-state index contributed by atoms with van der Waals surface area (Å²) in [4.78, 5) is 4.03. The molecule has 0 aliphatic rings. The Kier molecular flexibility index (Phi) is 3.10. The van der Waals surface area contributed by atoms with Gasteiger partial charge in [0, 0.05) is 23.5 Å². The number of hydrogen-bond acceptors (Lipinski definition) is 4. The first-order chi connectivity index (χ1) is 9.43. The van der Waals surface area contributed by atoms with E-state index in [1.165, 1.54) is 0 Å². The molecule has 0 saturated heterocycles. The second kappa shape index (κ2) is 5.22. The van der Waals surface area contributed by atoms with E-state index in [0.717, 1.165) is 16.8 Å². The highest BCUT2D eigenvalue weighted by Crippen LogP contribution is 2.10. The van der Waals surface area contributed by atoms with Crippen molar-refractivity contribution in [1.82, 2.24) is 19.9 Å². The quantitative estimate of drug-likeness (QED) is 0.667. The van der Waals surface area contributed by atoms with Gasteiger partial charge in [-0.25, -0.2) is 4.68 Å². The standard InChI is InChI=1S/C14H11N5/c1-2-4-12(5-3-1)14(13-6-8-15-9-7-13)18-19-10-16-17-11-19/h1-11H. The summed E-state index contributed by atoms with van der Waals surface area (Å²) in [5.74, 6) is 0. The van der Waals surface area contributed by atoms with Crippen LogP contribution in [0.1, 0.15) is 11.1 Å². The first-order valence-corrected chi connectivity index (χ1v) is 5.83. The molecule has 5 nitrogen and oxygen atoms in total. The van der Waals surface area contributed by atoms with Crippen molar-refractivity contribution < 1.29 is 0 Å². The summed E-state index contributed by atoms with van der Waals surface area (Å²) in [7, 11) is 0. The van der Waals surface area contributed by atoms with Crippen LogP contribution in [0, 0.1) is 0 Å². The molecule has 0 fully saturated rings. The summed E-state index contributed by atoms with van der Waals surface area (Å²) in [5, 5.41) is 12.1. The topological polar surface area (TPSA) is 56.0 Å². The second-order valence-electron chi connectivity index (χ2n) is 3.89. The Morgan fingerprint density at radius 2 is 1.47 bits per heavy atom. The lowest BCUT2D eigenvalue weighted by molar-refractivity contribution is 0.872. The first-order valence-electron chi connectivity index (χ1n) is 5.83. The summed E-state index contributed by atoms with van der Waals surface area (Å²) in [6.07, 6.45) is 6.62. The van der Waals surface area contributed by atoms with Gasteiger partial charge in [-0.2, -0.15) is 5.10 Å². The molecule has 0 aliphatic carbocycles. The number of pyridine rings is 1. The Labute approximate surface area is 110 Å². The average molecular weight is 249 g/mol. The third-order valence-corrected chi connectivity index (χ3v) is 2.62. The number of rotatable bonds is 3. The van der Waals surface area contributed by atoms with E-state index < -0.39 is 0 Å². The molecule has 0 bridgehead atoms. The molecule has 19 heavy (non-hydrogen) atoms. The van der Waals surface area contributed by atoms with Gasteiger partial charge in [0.15, 0.2) is 0 Å². The molecule has 0 N–H and O–H groups in total. The van der Waals surface area contributed by atoms with Gasteiger partial charge in [-0.3, -0.25) is 4.98 Å². The smallest absolute Gasteiger partial charge is 0.141 e. The van der Waals surface area contributed by atoms with Crippen LogP contribution < -0.4 is 0 Å². The second-order valence-corrected chi connectivity index (χ2v) is 3.89. The van der Waals surface area contributed by atoms with Gasteiger partial charge in [0.05, 0.1) is 5.71 Å². The number of benzene rings is 1. The first kappa shape index (κ1) is 11.3. The highest BCUT2D eigenvalue weighted by Gasteiger charge is 2.06. The van der Waals surface area contributed by atoms with Crippen molar-refractivity contribution in [2.45, 2.75) is 0 Å². The molecule has 0 amide bonds. The van der Waals surface area contributed by atoms with Gasteiger partial charge in [-0.05, 0) is 12.1 Å². The van der Waals surface area contributed by atoms with Crippen molar-refractivity contribution in [1.29, 1.82) is 0 Å². The van der Waals surface area contributed by atoms with Gasteiger partial charge in [0.25, 0.3) is 0 Å². The van der Waals surface area contributed by atoms with Crippen LogP contribution in [0.3, 0.4) is 0 Å². The maximum atomic E-state index is 4.54. The highest BCUT2D eigenvalue weighted by atomic mass is 15.4. The Hall–Kier alpha value is -2.82. The molecule has 2 heterocycles. The molecule has 0 atom stereocenters. The van der Waals surface area contributed by atoms with E-state index in [-0.39, 0.29) is 0 Å². The molecule has 92 valence electrons. The molecule has 0 saturated carbocycles. The van der Waals surface area contributed by atoms with Crippen LogP contribution in [0.2, 0.25) is 0 Å². The predicted molar refractivity (Wildman–Crippen MR) is 71.7 cm³/mol. The predicted octanol–water partition coefficient (Wildman–Crippen LogP) is 1.97. The minimum Gasteiger partial charge on any atom is -0.265 e. The van der Waals surface area contributed by atoms with Crippen LogP contribution in [-0.4, -0.2) is 25.6 Å². The molecule has 5 heteroatoms. The summed E-state index contributed by atoms with van der Waals surface area (Å²) < 4.78 is 1.59. The lowest BCUT2D eigenvalue weighted by atomic mass is 10.0. The van der Waals surface area contributed by atoms with E-state index in [2.05, 4.69) is 20.3 Å². The maximum absolute atomic E-state index is 4.54. The summed E-state index contributed by atoms with van der Waals surface area (Å²) >= 11 is 0. The van der Waals surface area contributed by atoms with Gasteiger partial charge in [-0.15, -0.1) is 10.2 Å². The molecule has 1 aromatic carbocycles. The van der Waals surface area contributed by atoms with Gasteiger partial charge in [0.1, 0.15) is 12.7 Å². The number of hydrogen-bond donors (Lipinski definition) is 0. The highest BCUT2D eigenvalue weighted by molar-refractivity contribution is 6.12. The zero-order valence-electron chi connectivity index (χ0n) is 10.1. The van der Waals surface area contributed by atoms with Crippen molar-refractivity contribution in [3.63, 3.8) is 0 Å². The maximum Gasteiger partial charge on any atom is 0.141 e. The Bertz CT molecular complexity index is 618. The molecule has 0 aliphatic heterocycles. The summed E-state index contributed by atoms with van der Waals surface area (Å²) in [6.45, 7) is 0. The fourth-order valence-corrected chi connectivity index (χ4v) is 1.75. The summed E-state index contributed by atoms with van der Waals surface area (Å²) in [6, 6.07) is 13.8. The third kappa shape index (κ3) is 2.55. The lowest BCUT2D eigenvalue weighted by Crippen LogP contribution is -2.05. The zero-order chi connectivity index (χ0) is 12.9. The van der Waals surface area contributed by atoms with E-state index in [4.69, 9.17) is 0 Å². The average Bonchev–Trinajstić information content (AvgIpc) is 3.00. The van der Waals surface area contributed by atoms with Gasteiger partial charge in [-0.1, -0.05) is 30.3 Å². The molecular formula is C14H11N5. The monoisotopic (exact) mass is 249 g/mol. The van der Waals surface area contributed by atoms with Crippen LogP contribution in [0.15, 0.2) is 72.6 Å². The Morgan fingerprint density at radius 3 is 2.16 bits per heavy atom. The van der Waals surface area contributed by atoms with E-state index in [1.54, 1.807) is 29.7 Å². The summed E-state index contributed by atoms with van der Waals surface area (Å²) in [5.41, 5.74) is 2.88. The van der Waals surface area contributed by atoms with Crippen molar-refractivity contribution >= 4 is 5.71 Å². The van der Waals surface area contributed by atoms with E-state index in [0.29, 0.717) is 0 Å². The molecule has 0 spiro atoms. The molecular weight excluding hydrogens is 238 g/mol. The third-order valence-electron chi connectivity index (χ3n) is 2.62. The number of aromatic nitrogens is 4. The van der Waals surface area contributed by atoms with Crippen LogP contribution in [-0.2, 0) is 0 Å². The van der Waals surface area contributed by atoms with E-state index >= 15 is 0 Å². The molecule has 3 rings (SSSR count). The van der Waals surface area contributed by atoms with Crippen molar-refractivity contribution in [3.05, 3.63) is 78.6 Å². The minimum atomic E-state index is 0.850. The molecule has 0 unspecified atom stereocenters. The van der Waals surface area contributed by atoms with Crippen LogP contribution >= 0.6 is 0 Å². The largest absolute Gasteiger partial charge is 0.265 e. The van der Waals surface area contributed by atoms with Crippen molar-refractivity contribution in [2.75, 3.05) is 0 Å². The fourth-order valence-electron chi connectivity index (χ4n) is 1.75. The van der Waals surface area contributed by atoms with Gasteiger partial charge in [0.2, 0.25) is 0 Å². The lowest BCUT2D eigenvalue weighted by Gasteiger charge is -2.06. The van der Waals surface area contributed by atoms with E-state index in [1.807, 2.05) is 42.5 Å². The molecule has 0 radical (unpaired) electrons. The van der Waals surface area contributed by atoms with Gasteiger partial charge >= 0.3 is 0 Å². The van der Waals surface area contributed by atoms with Crippen molar-refractivity contribution in [3.8, 4) is 0 Å². The van der Waals surface area contributed by atoms with E-state index in [9.17, 15) is 0 Å². The van der Waals surface area contributed by atoms with Crippen molar-refractivity contribution in [2.24, 2.45) is 5.10 Å². The molecule has 2 aromatic heterocycles. The number of nitrogens with zero attached hydrogens (tertiary/aromatic N) is 5. The molecule has 3 aromatic rings. The SMILES string of the molecule is c1ccc(C(=Nn2cnnc2)c2ccncc2)cc1. The normalized spacial score (nSPS) is 11.5. The van der Waals surface area contributed by atoms with Crippen LogP contribution in [0.25, 0.3) is 0 Å². The van der Waals surface area contributed by atoms with Crippen LogP contribution in [0.5, 0.6) is 0 Å². The fraction of sp³-hybridized carbons (Fsp3) is 0. The van der Waals surface area contributed by atoms with Crippen LogP contribution in [0.4, 0.5) is 0 Å². The Balaban J connectivity index is 2.12. The Morgan fingerprint density at radius 1 is 0.842 bits per heavy atom. The van der Waals surface area contributed by atoms with Gasteiger partial charge < -0.3 is 0 Å². The minimum absolute atomic E-state index is 0.850.